The molecule has 0 aromatic heterocycles. The fraction of sp³-hybridized carbons (Fsp3) is 0.944. The fourth-order valence-corrected chi connectivity index (χ4v) is 12.3. The van der Waals surface area contributed by atoms with Crippen LogP contribution in [-0.2, 0) is 65.4 Å². The van der Waals surface area contributed by atoms with Gasteiger partial charge in [-0.3, -0.25) is 37.3 Å². The van der Waals surface area contributed by atoms with Gasteiger partial charge in [0.15, 0.2) is 12.2 Å². The third-order valence-electron chi connectivity index (χ3n) is 16.8. The number of ether oxygens (including phenoxy) is 4. The summed E-state index contributed by atoms with van der Waals surface area (Å²) in [5.74, 6) is -0.529. The number of phosphoric ester groups is 2. The van der Waals surface area contributed by atoms with Gasteiger partial charge in [0.2, 0.25) is 0 Å². The molecule has 6 atom stereocenters. The van der Waals surface area contributed by atoms with Crippen molar-refractivity contribution in [3.05, 3.63) is 0 Å². The molecule has 0 aromatic carbocycles. The smallest absolute Gasteiger partial charge is 0.462 e. The highest BCUT2D eigenvalue weighted by atomic mass is 31.2. The monoisotopic (exact) mass is 1320 g/mol. The molecular formula is C71H138O17P2. The number of rotatable bonds is 70. The Morgan fingerprint density at radius 1 is 0.322 bits per heavy atom. The number of unbranched alkanes of at least 4 members (excludes halogenated alkanes) is 39. The Bertz CT molecular complexity index is 1750. The Balaban J connectivity index is 5.21. The second kappa shape index (κ2) is 63.1. The lowest BCUT2D eigenvalue weighted by atomic mass is 9.99. The van der Waals surface area contributed by atoms with Crippen LogP contribution in [0.5, 0.6) is 0 Å². The van der Waals surface area contributed by atoms with E-state index in [4.69, 9.17) is 37.0 Å². The maximum Gasteiger partial charge on any atom is 0.472 e. The molecule has 0 saturated heterocycles. The molecule has 0 aromatic rings. The molecule has 0 aliphatic heterocycles. The lowest BCUT2D eigenvalue weighted by Crippen LogP contribution is -2.30. The number of aliphatic hydroxyl groups excluding tert-OH is 1. The summed E-state index contributed by atoms with van der Waals surface area (Å²) in [5, 5.41) is 10.6. The van der Waals surface area contributed by atoms with E-state index in [-0.39, 0.29) is 25.7 Å². The molecule has 0 saturated carbocycles. The van der Waals surface area contributed by atoms with E-state index in [2.05, 4.69) is 41.5 Å². The van der Waals surface area contributed by atoms with Gasteiger partial charge in [-0.2, -0.15) is 0 Å². The molecular weight excluding hydrogens is 1190 g/mol. The highest BCUT2D eigenvalue weighted by Crippen LogP contribution is 2.45. The van der Waals surface area contributed by atoms with Crippen molar-refractivity contribution in [2.45, 2.75) is 381 Å². The van der Waals surface area contributed by atoms with Crippen molar-refractivity contribution in [3.8, 4) is 0 Å². The summed E-state index contributed by atoms with van der Waals surface area (Å²) in [6.45, 7) is 9.57. The zero-order valence-corrected chi connectivity index (χ0v) is 60.2. The quantitative estimate of drug-likeness (QED) is 0.0222. The molecule has 0 spiro atoms. The van der Waals surface area contributed by atoms with Crippen molar-refractivity contribution in [3.63, 3.8) is 0 Å². The highest BCUT2D eigenvalue weighted by molar-refractivity contribution is 7.47. The van der Waals surface area contributed by atoms with Gasteiger partial charge >= 0.3 is 39.5 Å². The van der Waals surface area contributed by atoms with Gasteiger partial charge in [0.05, 0.1) is 26.4 Å². The molecule has 0 aliphatic rings. The zero-order chi connectivity index (χ0) is 66.5. The second-order valence-corrected chi connectivity index (χ2v) is 29.3. The average Bonchev–Trinajstić information content (AvgIpc) is 3.63. The average molecular weight is 1330 g/mol. The van der Waals surface area contributed by atoms with Crippen LogP contribution in [0.15, 0.2) is 0 Å². The van der Waals surface area contributed by atoms with Gasteiger partial charge in [-0.1, -0.05) is 311 Å². The van der Waals surface area contributed by atoms with Gasteiger partial charge < -0.3 is 33.8 Å². The van der Waals surface area contributed by atoms with E-state index in [1.165, 1.54) is 167 Å². The first-order valence-corrected chi connectivity index (χ1v) is 40.0. The number of carbonyl (C=O) groups is 4. The largest absolute Gasteiger partial charge is 0.472 e. The van der Waals surface area contributed by atoms with Crippen molar-refractivity contribution in [2.75, 3.05) is 39.6 Å². The Morgan fingerprint density at radius 2 is 0.567 bits per heavy atom. The van der Waals surface area contributed by atoms with E-state index in [1.807, 2.05) is 0 Å². The molecule has 0 fully saturated rings. The van der Waals surface area contributed by atoms with Crippen LogP contribution >= 0.6 is 15.6 Å². The zero-order valence-electron chi connectivity index (χ0n) is 58.4. The summed E-state index contributed by atoms with van der Waals surface area (Å²) in [6, 6.07) is 0. The van der Waals surface area contributed by atoms with E-state index < -0.39 is 97.5 Å². The van der Waals surface area contributed by atoms with Gasteiger partial charge in [-0.25, -0.2) is 9.13 Å². The summed E-state index contributed by atoms with van der Waals surface area (Å²) in [5.41, 5.74) is 0. The van der Waals surface area contributed by atoms with Crippen LogP contribution in [0.3, 0.4) is 0 Å². The van der Waals surface area contributed by atoms with Gasteiger partial charge in [-0.15, -0.1) is 0 Å². The lowest BCUT2D eigenvalue weighted by molar-refractivity contribution is -0.161. The Labute approximate surface area is 549 Å². The standard InChI is InChI=1S/C71H138O17P2/c1-7-10-12-14-16-17-18-20-24-31-37-43-49-55-70(75)87-66(59-81-68(73)53-47-41-33-15-13-11-8-2)61-85-89(77,78)83-57-65(72)58-84-90(79,80)86-62-67(60-82-69(74)54-48-42-36-30-27-26-29-35-40-46-52-64(6)9-3)88-71(76)56-50-44-38-32-25-22-19-21-23-28-34-39-45-51-63(4)5/h63-67,72H,7-62H2,1-6H3,(H,77,78)(H,79,80)/t64?,65-,66+,67+/m0/s1. The summed E-state index contributed by atoms with van der Waals surface area (Å²) in [7, 11) is -9.90. The Morgan fingerprint density at radius 3 is 0.844 bits per heavy atom. The Kier molecular flexibility index (Phi) is 61.8. The van der Waals surface area contributed by atoms with Crippen LogP contribution in [-0.4, -0.2) is 96.7 Å². The SMILES string of the molecule is CCCCCCCCCCCCCCCC(=O)O[C@H](COC(=O)CCCCCCCCC)COP(=O)(O)OC[C@H](O)COP(=O)(O)OC[C@@H](COC(=O)CCCCCCCCCCCCC(C)CC)OC(=O)CCCCCCCCCCCCCCCC(C)C. The highest BCUT2D eigenvalue weighted by Gasteiger charge is 2.30. The normalized spacial score (nSPS) is 14.4. The van der Waals surface area contributed by atoms with Crippen molar-refractivity contribution in [1.82, 2.24) is 0 Å². The number of hydrogen-bond donors (Lipinski definition) is 3. The summed E-state index contributed by atoms with van der Waals surface area (Å²) < 4.78 is 68.2. The van der Waals surface area contributed by atoms with Gasteiger partial charge in [0, 0.05) is 25.7 Å². The van der Waals surface area contributed by atoms with Crippen molar-refractivity contribution >= 4 is 39.5 Å². The van der Waals surface area contributed by atoms with Crippen LogP contribution in [0.4, 0.5) is 0 Å². The molecule has 90 heavy (non-hydrogen) atoms. The van der Waals surface area contributed by atoms with E-state index in [9.17, 15) is 43.2 Å². The third kappa shape index (κ3) is 63.5. The first-order chi connectivity index (χ1) is 43.4. The first-order valence-electron chi connectivity index (χ1n) is 37.0. The minimum atomic E-state index is -4.95. The van der Waals surface area contributed by atoms with Crippen LogP contribution < -0.4 is 0 Å². The number of aliphatic hydroxyl groups is 1. The molecule has 0 bridgehead atoms. The molecule has 0 radical (unpaired) electrons. The molecule has 19 heteroatoms. The van der Waals surface area contributed by atoms with Crippen LogP contribution in [0, 0.1) is 11.8 Å². The summed E-state index contributed by atoms with van der Waals surface area (Å²) >= 11 is 0. The van der Waals surface area contributed by atoms with E-state index >= 15 is 0 Å². The predicted octanol–water partition coefficient (Wildman–Crippen LogP) is 20.4. The number of phosphoric acid groups is 2. The van der Waals surface area contributed by atoms with Crippen molar-refractivity contribution in [1.29, 1.82) is 0 Å². The molecule has 534 valence electrons. The molecule has 0 amide bonds. The minimum absolute atomic E-state index is 0.107. The van der Waals surface area contributed by atoms with Crippen molar-refractivity contribution in [2.24, 2.45) is 11.8 Å². The molecule has 0 rings (SSSR count). The molecule has 3 N–H and O–H groups in total. The predicted molar refractivity (Wildman–Crippen MR) is 363 cm³/mol. The van der Waals surface area contributed by atoms with Gasteiger partial charge in [-0.05, 0) is 37.5 Å². The maximum absolute atomic E-state index is 13.0. The second-order valence-electron chi connectivity index (χ2n) is 26.3. The van der Waals surface area contributed by atoms with Crippen molar-refractivity contribution < 1.29 is 80.2 Å². The lowest BCUT2D eigenvalue weighted by Gasteiger charge is -2.21. The van der Waals surface area contributed by atoms with E-state index in [0.29, 0.717) is 25.7 Å². The maximum atomic E-state index is 13.0. The van der Waals surface area contributed by atoms with Gasteiger partial charge in [0.25, 0.3) is 0 Å². The molecule has 0 aliphatic carbocycles. The van der Waals surface area contributed by atoms with Crippen LogP contribution in [0.2, 0.25) is 0 Å². The molecule has 3 unspecified atom stereocenters. The number of hydrogen-bond acceptors (Lipinski definition) is 15. The van der Waals surface area contributed by atoms with Crippen LogP contribution in [0.25, 0.3) is 0 Å². The molecule has 17 nitrogen and oxygen atoms in total. The third-order valence-corrected chi connectivity index (χ3v) is 18.7. The van der Waals surface area contributed by atoms with E-state index in [0.717, 1.165) is 115 Å². The summed E-state index contributed by atoms with van der Waals surface area (Å²) in [6.07, 6.45) is 48.5. The number of carbonyl (C=O) groups excluding carboxylic acids is 4. The Hall–Kier alpha value is -1.94. The molecule has 0 heterocycles. The van der Waals surface area contributed by atoms with Crippen LogP contribution in [0.1, 0.15) is 363 Å². The van der Waals surface area contributed by atoms with E-state index in [1.54, 1.807) is 0 Å². The minimum Gasteiger partial charge on any atom is -0.462 e. The summed E-state index contributed by atoms with van der Waals surface area (Å²) in [4.78, 5) is 72.5. The topological polar surface area (TPSA) is 237 Å². The first kappa shape index (κ1) is 88.1. The van der Waals surface area contributed by atoms with Gasteiger partial charge in [0.1, 0.15) is 19.3 Å². The number of esters is 4. The fourth-order valence-electron chi connectivity index (χ4n) is 10.7.